The van der Waals surface area contributed by atoms with Crippen molar-refractivity contribution in [1.82, 2.24) is 0 Å². The zero-order valence-corrected chi connectivity index (χ0v) is 33.9. The SMILES string of the molecule is CCCCC/C=C/C/C=C/CCCCCCCCCCCC(=O)OC[C@H](COP(=O)(O)O)OC(=O)CCCCCCCCCCCCCCCC. The van der Waals surface area contributed by atoms with Gasteiger partial charge in [0.05, 0.1) is 6.61 Å². The van der Waals surface area contributed by atoms with Crippen LogP contribution >= 0.6 is 7.82 Å². The Morgan fingerprint density at radius 1 is 0.510 bits per heavy atom. The Labute approximate surface area is 313 Å². The standard InChI is InChI=1S/C42H79O8P/c1-3-5-7-9-11-13-15-17-19-20-21-22-23-25-26-28-30-32-34-36-41(43)48-38-40(39-49-51(45,46)47)50-42(44)37-35-33-31-29-27-24-18-16-14-12-10-8-6-4-2/h11,13,17,19,40H,3-10,12,14-16,18,20-39H2,1-2H3,(H2,45,46,47)/b13-11+,19-17+/t40-/m1/s1. The highest BCUT2D eigenvalue weighted by Gasteiger charge is 2.22. The molecule has 0 aliphatic carbocycles. The number of esters is 2. The number of hydrogen-bond donors (Lipinski definition) is 2. The van der Waals surface area contributed by atoms with E-state index in [1.807, 2.05) is 0 Å². The third-order valence-electron chi connectivity index (χ3n) is 9.22. The van der Waals surface area contributed by atoms with Gasteiger partial charge < -0.3 is 19.3 Å². The third kappa shape index (κ3) is 41.2. The number of ether oxygens (including phenoxy) is 2. The van der Waals surface area contributed by atoms with Gasteiger partial charge in [-0.3, -0.25) is 14.1 Å². The number of carbonyl (C=O) groups excluding carboxylic acids is 2. The number of allylic oxidation sites excluding steroid dienone is 4. The van der Waals surface area contributed by atoms with Crippen LogP contribution in [0.2, 0.25) is 0 Å². The van der Waals surface area contributed by atoms with E-state index in [4.69, 9.17) is 19.3 Å². The van der Waals surface area contributed by atoms with E-state index < -0.39 is 32.5 Å². The second-order valence-electron chi connectivity index (χ2n) is 14.3. The van der Waals surface area contributed by atoms with Crippen molar-refractivity contribution in [2.75, 3.05) is 13.2 Å². The van der Waals surface area contributed by atoms with Crippen LogP contribution in [0.1, 0.15) is 213 Å². The van der Waals surface area contributed by atoms with Crippen molar-refractivity contribution in [3.63, 3.8) is 0 Å². The molecule has 0 aliphatic rings. The minimum Gasteiger partial charge on any atom is -0.462 e. The summed E-state index contributed by atoms with van der Waals surface area (Å²) in [7, 11) is -4.75. The molecule has 0 aliphatic heterocycles. The number of hydrogen-bond acceptors (Lipinski definition) is 6. The molecule has 0 spiro atoms. The van der Waals surface area contributed by atoms with E-state index in [2.05, 4.69) is 42.7 Å². The molecule has 0 rings (SSSR count). The Bertz CT molecular complexity index is 884. The molecule has 1 atom stereocenters. The molecule has 300 valence electrons. The number of phosphoric ester groups is 1. The van der Waals surface area contributed by atoms with Gasteiger partial charge >= 0.3 is 19.8 Å². The molecule has 0 radical (unpaired) electrons. The molecule has 0 aromatic rings. The van der Waals surface area contributed by atoms with Crippen LogP contribution in [0.4, 0.5) is 0 Å². The van der Waals surface area contributed by atoms with Gasteiger partial charge in [0.15, 0.2) is 6.10 Å². The smallest absolute Gasteiger partial charge is 0.462 e. The highest BCUT2D eigenvalue weighted by Crippen LogP contribution is 2.36. The first-order valence-corrected chi connectivity index (χ1v) is 22.7. The summed E-state index contributed by atoms with van der Waals surface area (Å²) in [5.74, 6) is -0.881. The van der Waals surface area contributed by atoms with Crippen molar-refractivity contribution < 1.29 is 37.9 Å². The van der Waals surface area contributed by atoms with E-state index in [0.717, 1.165) is 51.4 Å². The predicted molar refractivity (Wildman–Crippen MR) is 212 cm³/mol. The van der Waals surface area contributed by atoms with Crippen LogP contribution in [0.15, 0.2) is 24.3 Å². The predicted octanol–water partition coefficient (Wildman–Crippen LogP) is 12.8. The third-order valence-corrected chi connectivity index (χ3v) is 9.71. The zero-order chi connectivity index (χ0) is 37.5. The van der Waals surface area contributed by atoms with E-state index in [0.29, 0.717) is 6.42 Å². The molecule has 0 saturated heterocycles. The van der Waals surface area contributed by atoms with Gasteiger partial charge in [-0.2, -0.15) is 0 Å². The van der Waals surface area contributed by atoms with Crippen LogP contribution in [-0.2, 0) is 28.2 Å². The Morgan fingerprint density at radius 2 is 0.882 bits per heavy atom. The number of phosphoric acid groups is 1. The van der Waals surface area contributed by atoms with Crippen molar-refractivity contribution >= 4 is 19.8 Å². The zero-order valence-electron chi connectivity index (χ0n) is 33.0. The van der Waals surface area contributed by atoms with E-state index in [1.165, 1.54) is 128 Å². The number of carbonyl (C=O) groups is 2. The molecule has 0 saturated carbocycles. The first-order chi connectivity index (χ1) is 24.8. The lowest BCUT2D eigenvalue weighted by Crippen LogP contribution is -2.29. The molecule has 0 aromatic heterocycles. The molecule has 0 heterocycles. The second-order valence-corrected chi connectivity index (χ2v) is 15.6. The van der Waals surface area contributed by atoms with Crippen molar-refractivity contribution in [1.29, 1.82) is 0 Å². The van der Waals surface area contributed by atoms with Gasteiger partial charge in [0.1, 0.15) is 6.61 Å². The van der Waals surface area contributed by atoms with Gasteiger partial charge in [-0.05, 0) is 44.9 Å². The summed E-state index contributed by atoms with van der Waals surface area (Å²) in [6.45, 7) is 3.67. The fourth-order valence-corrected chi connectivity index (χ4v) is 6.41. The lowest BCUT2D eigenvalue weighted by molar-refractivity contribution is -0.161. The van der Waals surface area contributed by atoms with Crippen LogP contribution in [0.5, 0.6) is 0 Å². The maximum Gasteiger partial charge on any atom is 0.469 e. The van der Waals surface area contributed by atoms with Crippen LogP contribution < -0.4 is 0 Å². The van der Waals surface area contributed by atoms with Crippen molar-refractivity contribution in [3.8, 4) is 0 Å². The molecule has 0 bridgehead atoms. The molecule has 8 nitrogen and oxygen atoms in total. The van der Waals surface area contributed by atoms with Crippen molar-refractivity contribution in [2.45, 2.75) is 219 Å². The van der Waals surface area contributed by atoms with E-state index in [9.17, 15) is 14.2 Å². The highest BCUT2D eigenvalue weighted by molar-refractivity contribution is 7.46. The largest absolute Gasteiger partial charge is 0.469 e. The Morgan fingerprint density at radius 3 is 1.33 bits per heavy atom. The van der Waals surface area contributed by atoms with Crippen molar-refractivity contribution in [2.24, 2.45) is 0 Å². The first-order valence-electron chi connectivity index (χ1n) is 21.1. The Kier molecular flexibility index (Phi) is 37.2. The Hall–Kier alpha value is -1.47. The van der Waals surface area contributed by atoms with Crippen LogP contribution in [0, 0.1) is 0 Å². The molecule has 2 N–H and O–H groups in total. The Balaban J connectivity index is 3.88. The summed E-state index contributed by atoms with van der Waals surface area (Å²) in [5, 5.41) is 0. The fraction of sp³-hybridized carbons (Fsp3) is 0.857. The van der Waals surface area contributed by atoms with E-state index in [1.54, 1.807) is 0 Å². The van der Waals surface area contributed by atoms with Gasteiger partial charge in [-0.15, -0.1) is 0 Å². The molecular formula is C42H79O8P. The molecule has 0 unspecified atom stereocenters. The minimum absolute atomic E-state index is 0.215. The van der Waals surface area contributed by atoms with Crippen LogP contribution in [0.3, 0.4) is 0 Å². The summed E-state index contributed by atoms with van der Waals surface area (Å²) in [5.41, 5.74) is 0. The number of rotatable bonds is 39. The molecule has 0 aromatic carbocycles. The molecule has 51 heavy (non-hydrogen) atoms. The van der Waals surface area contributed by atoms with Gasteiger partial charge in [0.25, 0.3) is 0 Å². The van der Waals surface area contributed by atoms with Gasteiger partial charge in [-0.25, -0.2) is 4.57 Å². The minimum atomic E-state index is -4.75. The van der Waals surface area contributed by atoms with Crippen LogP contribution in [-0.4, -0.2) is 41.0 Å². The lowest BCUT2D eigenvalue weighted by Gasteiger charge is -2.18. The summed E-state index contributed by atoms with van der Waals surface area (Å²) in [6.07, 6.45) is 43.2. The lowest BCUT2D eigenvalue weighted by atomic mass is 10.0. The van der Waals surface area contributed by atoms with Gasteiger partial charge in [0.2, 0.25) is 0 Å². The maximum atomic E-state index is 12.4. The molecule has 9 heteroatoms. The molecule has 0 amide bonds. The second kappa shape index (κ2) is 38.3. The average Bonchev–Trinajstić information content (AvgIpc) is 3.10. The molecule has 0 fully saturated rings. The normalized spacial score (nSPS) is 12.6. The monoisotopic (exact) mass is 743 g/mol. The topological polar surface area (TPSA) is 119 Å². The summed E-state index contributed by atoms with van der Waals surface area (Å²) < 4.78 is 26.4. The quantitative estimate of drug-likeness (QED) is 0.0276. The van der Waals surface area contributed by atoms with E-state index >= 15 is 0 Å². The number of unbranched alkanes of at least 4 members (excludes halogenated alkanes) is 25. The fourth-order valence-electron chi connectivity index (χ4n) is 6.05. The average molecular weight is 743 g/mol. The van der Waals surface area contributed by atoms with Gasteiger partial charge in [-0.1, -0.05) is 179 Å². The highest BCUT2D eigenvalue weighted by atomic mass is 31.2. The first kappa shape index (κ1) is 49.5. The van der Waals surface area contributed by atoms with E-state index in [-0.39, 0.29) is 19.4 Å². The molecular weight excluding hydrogens is 663 g/mol. The summed E-state index contributed by atoms with van der Waals surface area (Å²) >= 11 is 0. The summed E-state index contributed by atoms with van der Waals surface area (Å²) in [4.78, 5) is 42.8. The van der Waals surface area contributed by atoms with Gasteiger partial charge in [0, 0.05) is 12.8 Å². The van der Waals surface area contributed by atoms with Crippen molar-refractivity contribution in [3.05, 3.63) is 24.3 Å². The maximum absolute atomic E-state index is 12.4. The summed E-state index contributed by atoms with van der Waals surface area (Å²) in [6, 6.07) is 0. The van der Waals surface area contributed by atoms with Crippen LogP contribution in [0.25, 0.3) is 0 Å².